The van der Waals surface area contributed by atoms with Gasteiger partial charge in [0.05, 0.1) is 24.6 Å². The number of hydrogen-bond donors (Lipinski definition) is 0. The van der Waals surface area contributed by atoms with E-state index < -0.39 is 0 Å². The highest BCUT2D eigenvalue weighted by molar-refractivity contribution is 5.80. The Morgan fingerprint density at radius 3 is 2.78 bits per heavy atom. The minimum Gasteiger partial charge on any atom is -0.338 e. The molecule has 3 heterocycles. The highest BCUT2D eigenvalue weighted by atomic mass is 16.2. The van der Waals surface area contributed by atoms with Crippen molar-refractivity contribution in [2.45, 2.75) is 31.8 Å². The minimum absolute atomic E-state index is 0.165. The van der Waals surface area contributed by atoms with Gasteiger partial charge in [-0.3, -0.25) is 4.79 Å². The van der Waals surface area contributed by atoms with E-state index in [2.05, 4.69) is 32.7 Å². The van der Waals surface area contributed by atoms with Crippen LogP contribution in [0.15, 0.2) is 30.7 Å². The highest BCUT2D eigenvalue weighted by Crippen LogP contribution is 2.27. The molecule has 0 spiro atoms. The minimum atomic E-state index is 0.165. The van der Waals surface area contributed by atoms with Crippen molar-refractivity contribution in [3.8, 4) is 0 Å². The molecule has 2 aliphatic rings. The largest absolute Gasteiger partial charge is 0.338 e. The third-order valence-electron chi connectivity index (χ3n) is 4.49. The number of rotatable bonds is 4. The second-order valence-corrected chi connectivity index (χ2v) is 6.13. The zero-order valence-corrected chi connectivity index (χ0v) is 12.8. The van der Waals surface area contributed by atoms with E-state index in [-0.39, 0.29) is 17.9 Å². The van der Waals surface area contributed by atoms with Gasteiger partial charge in [0.25, 0.3) is 0 Å². The van der Waals surface area contributed by atoms with E-state index in [4.69, 9.17) is 0 Å². The van der Waals surface area contributed by atoms with Gasteiger partial charge in [-0.25, -0.2) is 4.68 Å². The monoisotopic (exact) mass is 313 g/mol. The number of nitrogens with zero attached hydrogens (tertiary/aromatic N) is 7. The molecule has 23 heavy (non-hydrogen) atoms. The molecule has 8 nitrogen and oxygen atoms in total. The summed E-state index contributed by atoms with van der Waals surface area (Å²) in [6.45, 7) is 1.96. The van der Waals surface area contributed by atoms with Gasteiger partial charge in [-0.1, -0.05) is 17.4 Å². The number of allylic oxidation sites excluding steroid dienone is 2. The smallest absolute Gasteiger partial charge is 0.226 e. The second-order valence-electron chi connectivity index (χ2n) is 6.13. The lowest BCUT2D eigenvalue weighted by atomic mass is 9.91. The molecule has 1 fully saturated rings. The zero-order chi connectivity index (χ0) is 15.6. The quantitative estimate of drug-likeness (QED) is 0.774. The number of aromatic nitrogens is 6. The van der Waals surface area contributed by atoms with E-state index in [0.717, 1.165) is 38.0 Å². The first-order valence-corrected chi connectivity index (χ1v) is 7.98. The normalized spacial score (nSPS) is 21.4. The molecule has 0 aromatic carbocycles. The first-order chi connectivity index (χ1) is 11.3. The maximum atomic E-state index is 12.4. The average Bonchev–Trinajstić information content (AvgIpc) is 3.19. The summed E-state index contributed by atoms with van der Waals surface area (Å²) in [5.74, 6) is 0.449. The Morgan fingerprint density at radius 1 is 1.22 bits per heavy atom. The van der Waals surface area contributed by atoms with Crippen molar-refractivity contribution in [2.24, 2.45) is 5.92 Å². The van der Waals surface area contributed by atoms with E-state index >= 15 is 0 Å². The Hall–Kier alpha value is -2.51. The fourth-order valence-electron chi connectivity index (χ4n) is 3.11. The predicted molar refractivity (Wildman–Crippen MR) is 81.2 cm³/mol. The molecule has 120 valence electrons. The van der Waals surface area contributed by atoms with Crippen LogP contribution in [0.4, 0.5) is 0 Å². The number of hydrogen-bond acceptors (Lipinski definition) is 5. The van der Waals surface area contributed by atoms with E-state index in [1.165, 1.54) is 0 Å². The molecule has 1 aliphatic heterocycles. The van der Waals surface area contributed by atoms with Crippen molar-refractivity contribution in [1.82, 2.24) is 34.9 Å². The molecule has 1 atom stereocenters. The van der Waals surface area contributed by atoms with Crippen molar-refractivity contribution in [2.75, 3.05) is 13.1 Å². The van der Waals surface area contributed by atoms with Crippen molar-refractivity contribution in [3.63, 3.8) is 0 Å². The first-order valence-electron chi connectivity index (χ1n) is 7.98. The van der Waals surface area contributed by atoms with Crippen LogP contribution in [0.5, 0.6) is 0 Å². The van der Waals surface area contributed by atoms with Crippen LogP contribution < -0.4 is 0 Å². The van der Waals surface area contributed by atoms with Gasteiger partial charge in [0.1, 0.15) is 12.2 Å². The molecular weight excluding hydrogens is 294 g/mol. The topological polar surface area (TPSA) is 81.7 Å². The van der Waals surface area contributed by atoms with Gasteiger partial charge in [-0.2, -0.15) is 15.0 Å². The van der Waals surface area contributed by atoms with Gasteiger partial charge in [-0.05, 0) is 19.3 Å². The zero-order valence-electron chi connectivity index (χ0n) is 12.8. The second kappa shape index (κ2) is 5.94. The third kappa shape index (κ3) is 2.88. The molecule has 1 amide bonds. The van der Waals surface area contributed by atoms with E-state index in [0.29, 0.717) is 6.54 Å². The molecular formula is C15H19N7O. The lowest BCUT2D eigenvalue weighted by Crippen LogP contribution is -2.52. The highest BCUT2D eigenvalue weighted by Gasteiger charge is 2.35. The van der Waals surface area contributed by atoms with Crippen molar-refractivity contribution < 1.29 is 4.79 Å². The van der Waals surface area contributed by atoms with Gasteiger partial charge in [0, 0.05) is 19.0 Å². The SMILES string of the molecule is O=C(C1CC=CCC1)N1CC(n2cc(Cn3nccn3)nn2)C1. The molecule has 0 radical (unpaired) electrons. The molecule has 0 bridgehead atoms. The van der Waals surface area contributed by atoms with Crippen LogP contribution in [-0.2, 0) is 11.3 Å². The molecule has 1 saturated heterocycles. The van der Waals surface area contributed by atoms with Gasteiger partial charge in [0.15, 0.2) is 0 Å². The Morgan fingerprint density at radius 2 is 2.04 bits per heavy atom. The van der Waals surface area contributed by atoms with E-state index in [9.17, 15) is 4.79 Å². The fourth-order valence-corrected chi connectivity index (χ4v) is 3.11. The summed E-state index contributed by atoms with van der Waals surface area (Å²) < 4.78 is 1.85. The first kappa shape index (κ1) is 14.1. The molecule has 2 aromatic rings. The van der Waals surface area contributed by atoms with Crippen LogP contribution in [0.1, 0.15) is 31.0 Å². The summed E-state index contributed by atoms with van der Waals surface area (Å²) in [6.07, 6.45) is 12.3. The summed E-state index contributed by atoms with van der Waals surface area (Å²) in [4.78, 5) is 15.9. The van der Waals surface area contributed by atoms with Gasteiger partial charge < -0.3 is 4.90 Å². The summed E-state index contributed by atoms with van der Waals surface area (Å²) in [5, 5.41) is 16.4. The van der Waals surface area contributed by atoms with Crippen LogP contribution in [0, 0.1) is 5.92 Å². The molecule has 2 aromatic heterocycles. The Balaban J connectivity index is 1.32. The van der Waals surface area contributed by atoms with Crippen molar-refractivity contribution in [1.29, 1.82) is 0 Å². The molecule has 0 saturated carbocycles. The Bertz CT molecular complexity index is 699. The van der Waals surface area contributed by atoms with Gasteiger partial charge in [0.2, 0.25) is 5.91 Å². The standard InChI is InChI=1S/C15H19N7O/c23-15(12-4-2-1-3-5-12)20-10-14(11-20)21-8-13(18-19-21)9-22-16-6-7-17-22/h1-2,6-8,12,14H,3-5,9-11H2. The lowest BCUT2D eigenvalue weighted by Gasteiger charge is -2.40. The van der Waals surface area contributed by atoms with Gasteiger partial charge in [-0.15, -0.1) is 5.10 Å². The van der Waals surface area contributed by atoms with Crippen LogP contribution in [0.2, 0.25) is 0 Å². The summed E-state index contributed by atoms with van der Waals surface area (Å²) in [6, 6.07) is 0.227. The van der Waals surface area contributed by atoms with Crippen LogP contribution in [0.25, 0.3) is 0 Å². The molecule has 8 heteroatoms. The molecule has 4 rings (SSSR count). The lowest BCUT2D eigenvalue weighted by molar-refractivity contribution is -0.141. The summed E-state index contributed by atoms with van der Waals surface area (Å²) in [5.41, 5.74) is 0.823. The van der Waals surface area contributed by atoms with Crippen molar-refractivity contribution >= 4 is 5.91 Å². The number of likely N-dealkylation sites (tertiary alicyclic amines) is 1. The Kier molecular flexibility index (Phi) is 3.64. The average molecular weight is 313 g/mol. The van der Waals surface area contributed by atoms with E-state index in [1.807, 2.05) is 15.8 Å². The third-order valence-corrected chi connectivity index (χ3v) is 4.49. The Labute approximate surface area is 133 Å². The predicted octanol–water partition coefficient (Wildman–Crippen LogP) is 0.657. The molecule has 1 unspecified atom stereocenters. The van der Waals surface area contributed by atoms with Crippen molar-refractivity contribution in [3.05, 3.63) is 36.4 Å². The summed E-state index contributed by atoms with van der Waals surface area (Å²) >= 11 is 0. The number of amides is 1. The maximum absolute atomic E-state index is 12.4. The fraction of sp³-hybridized carbons (Fsp3) is 0.533. The van der Waals surface area contributed by atoms with Gasteiger partial charge >= 0.3 is 0 Å². The molecule has 1 aliphatic carbocycles. The molecule has 0 N–H and O–H groups in total. The number of carbonyl (C=O) groups excluding carboxylic acids is 1. The summed E-state index contributed by atoms with van der Waals surface area (Å²) in [7, 11) is 0. The van der Waals surface area contributed by atoms with Crippen LogP contribution in [0.3, 0.4) is 0 Å². The van der Waals surface area contributed by atoms with E-state index in [1.54, 1.807) is 17.2 Å². The number of carbonyl (C=O) groups is 1. The van der Waals surface area contributed by atoms with Crippen LogP contribution >= 0.6 is 0 Å². The van der Waals surface area contributed by atoms with Crippen LogP contribution in [-0.4, -0.2) is 53.9 Å². The maximum Gasteiger partial charge on any atom is 0.226 e.